The maximum atomic E-state index is 13.0. The highest BCUT2D eigenvalue weighted by atomic mass is 16.5. The van der Waals surface area contributed by atoms with Gasteiger partial charge in [0.25, 0.3) is 5.91 Å². The molecule has 0 radical (unpaired) electrons. The van der Waals surface area contributed by atoms with E-state index in [9.17, 15) is 19.2 Å². The van der Waals surface area contributed by atoms with Gasteiger partial charge in [0.1, 0.15) is 11.8 Å². The predicted octanol–water partition coefficient (Wildman–Crippen LogP) is 2.04. The third kappa shape index (κ3) is 5.16. The van der Waals surface area contributed by atoms with Crippen molar-refractivity contribution in [1.82, 2.24) is 4.90 Å². The highest BCUT2D eigenvalue weighted by Gasteiger charge is 2.43. The number of carbonyl (C=O) groups is 4. The molecule has 1 atom stereocenters. The number of rotatable bonds is 8. The Labute approximate surface area is 179 Å². The normalized spacial score (nSPS) is 16.0. The topological polar surface area (TPSA) is 104 Å². The second kappa shape index (κ2) is 9.71. The number of amides is 3. The highest BCUT2D eigenvalue weighted by molar-refractivity contribution is 6.23. The molecule has 0 aliphatic carbocycles. The fourth-order valence-corrected chi connectivity index (χ4v) is 3.41. The van der Waals surface area contributed by atoms with E-state index in [0.29, 0.717) is 17.9 Å². The van der Waals surface area contributed by atoms with Crippen LogP contribution in [-0.2, 0) is 25.6 Å². The molecular formula is C23H22N2O6. The summed E-state index contributed by atoms with van der Waals surface area (Å²) in [5, 5.41) is 8.85. The molecule has 0 aromatic heterocycles. The molecule has 1 heterocycles. The zero-order valence-electron chi connectivity index (χ0n) is 16.9. The van der Waals surface area contributed by atoms with Gasteiger partial charge in [-0.3, -0.25) is 14.4 Å². The predicted molar refractivity (Wildman–Crippen MR) is 113 cm³/mol. The second-order valence-corrected chi connectivity index (χ2v) is 6.92. The molecule has 160 valence electrons. The van der Waals surface area contributed by atoms with Gasteiger partial charge in [0.2, 0.25) is 11.8 Å². The Morgan fingerprint density at radius 3 is 2.39 bits per heavy atom. The summed E-state index contributed by atoms with van der Waals surface area (Å²) in [5.74, 6) is -2.15. The lowest BCUT2D eigenvalue weighted by atomic mass is 10.1. The van der Waals surface area contributed by atoms with Gasteiger partial charge in [0, 0.05) is 18.7 Å². The van der Waals surface area contributed by atoms with Crippen molar-refractivity contribution < 1.29 is 29.0 Å². The van der Waals surface area contributed by atoms with Crippen LogP contribution in [0.2, 0.25) is 0 Å². The molecule has 1 aliphatic heterocycles. The van der Waals surface area contributed by atoms with Crippen LogP contribution in [0.25, 0.3) is 0 Å². The van der Waals surface area contributed by atoms with Gasteiger partial charge >= 0.3 is 5.97 Å². The molecular weight excluding hydrogens is 400 g/mol. The summed E-state index contributed by atoms with van der Waals surface area (Å²) in [6.45, 7) is 0.140. The summed E-state index contributed by atoms with van der Waals surface area (Å²) in [7, 11) is 1.56. The van der Waals surface area contributed by atoms with E-state index < -0.39 is 29.7 Å². The monoisotopic (exact) mass is 422 g/mol. The average Bonchev–Trinajstić information content (AvgIpc) is 3.07. The van der Waals surface area contributed by atoms with Crippen molar-refractivity contribution in [2.45, 2.75) is 18.9 Å². The summed E-state index contributed by atoms with van der Waals surface area (Å²) < 4.78 is 5.13. The van der Waals surface area contributed by atoms with E-state index in [-0.39, 0.29) is 13.0 Å². The fraction of sp³-hybridized carbons (Fsp3) is 0.217. The van der Waals surface area contributed by atoms with E-state index in [1.165, 1.54) is 4.90 Å². The quantitative estimate of drug-likeness (QED) is 0.516. The van der Waals surface area contributed by atoms with Gasteiger partial charge < -0.3 is 14.7 Å². The van der Waals surface area contributed by atoms with Crippen LogP contribution in [0.5, 0.6) is 5.75 Å². The van der Waals surface area contributed by atoms with Crippen molar-refractivity contribution in [3.63, 3.8) is 0 Å². The molecule has 1 fully saturated rings. The molecule has 1 N–H and O–H groups in total. The zero-order valence-corrected chi connectivity index (χ0v) is 16.9. The minimum absolute atomic E-state index is 0.140. The van der Waals surface area contributed by atoms with Crippen molar-refractivity contribution >= 4 is 29.4 Å². The van der Waals surface area contributed by atoms with Crippen LogP contribution in [0.3, 0.4) is 0 Å². The Hall–Kier alpha value is -3.94. The van der Waals surface area contributed by atoms with Crippen molar-refractivity contribution in [2.75, 3.05) is 18.6 Å². The van der Waals surface area contributed by atoms with E-state index in [1.54, 1.807) is 49.6 Å². The maximum Gasteiger partial charge on any atom is 0.328 e. The van der Waals surface area contributed by atoms with Gasteiger partial charge in [-0.2, -0.15) is 0 Å². The highest BCUT2D eigenvalue weighted by Crippen LogP contribution is 2.26. The Morgan fingerprint density at radius 1 is 1.10 bits per heavy atom. The lowest BCUT2D eigenvalue weighted by Crippen LogP contribution is -2.45. The molecule has 31 heavy (non-hydrogen) atoms. The third-order valence-corrected chi connectivity index (χ3v) is 4.97. The summed E-state index contributed by atoms with van der Waals surface area (Å²) in [4.78, 5) is 51.5. The number of benzene rings is 2. The van der Waals surface area contributed by atoms with E-state index in [4.69, 9.17) is 9.84 Å². The van der Waals surface area contributed by atoms with Crippen molar-refractivity contribution in [1.29, 1.82) is 0 Å². The minimum Gasteiger partial charge on any atom is -0.497 e. The zero-order chi connectivity index (χ0) is 22.4. The first-order valence-electron chi connectivity index (χ1n) is 9.67. The fourth-order valence-electron chi connectivity index (χ4n) is 3.41. The van der Waals surface area contributed by atoms with Crippen LogP contribution >= 0.6 is 0 Å². The van der Waals surface area contributed by atoms with Crippen molar-refractivity contribution in [3.8, 4) is 5.75 Å². The van der Waals surface area contributed by atoms with Crippen molar-refractivity contribution in [3.05, 3.63) is 72.3 Å². The van der Waals surface area contributed by atoms with Crippen molar-refractivity contribution in [2.24, 2.45) is 0 Å². The van der Waals surface area contributed by atoms with Crippen LogP contribution in [0.15, 0.2) is 66.7 Å². The number of carboxylic acids is 1. The van der Waals surface area contributed by atoms with Gasteiger partial charge in [-0.25, -0.2) is 9.69 Å². The number of anilines is 1. The number of carbonyl (C=O) groups excluding carboxylic acids is 3. The molecule has 2 aromatic carbocycles. The van der Waals surface area contributed by atoms with Gasteiger partial charge in [-0.1, -0.05) is 30.3 Å². The second-order valence-electron chi connectivity index (χ2n) is 6.92. The summed E-state index contributed by atoms with van der Waals surface area (Å²) in [5.41, 5.74) is 1.33. The van der Waals surface area contributed by atoms with E-state index in [0.717, 1.165) is 22.6 Å². The van der Waals surface area contributed by atoms with Crippen LogP contribution < -0.4 is 9.64 Å². The molecule has 8 nitrogen and oxygen atoms in total. The number of imide groups is 1. The molecule has 0 unspecified atom stereocenters. The number of hydrogen-bond donors (Lipinski definition) is 1. The molecule has 8 heteroatoms. The van der Waals surface area contributed by atoms with Crippen LogP contribution in [-0.4, -0.2) is 53.4 Å². The average molecular weight is 422 g/mol. The van der Waals surface area contributed by atoms with Crippen LogP contribution in [0, 0.1) is 0 Å². The SMILES string of the molecule is COc1ccc(CCN(C(=O)/C=C/C(=O)O)[C@H]2CC(=O)N(c3ccccc3)C2=O)cc1. The molecule has 1 aliphatic rings. The van der Waals surface area contributed by atoms with Gasteiger partial charge in [0.15, 0.2) is 0 Å². The maximum absolute atomic E-state index is 13.0. The van der Waals surface area contributed by atoms with Gasteiger partial charge in [-0.15, -0.1) is 0 Å². The van der Waals surface area contributed by atoms with Gasteiger partial charge in [0.05, 0.1) is 19.2 Å². The number of carboxylic acid groups (broad SMARTS) is 1. The lowest BCUT2D eigenvalue weighted by Gasteiger charge is -2.26. The minimum atomic E-state index is -1.27. The first-order valence-corrected chi connectivity index (χ1v) is 9.67. The number of nitrogens with zero attached hydrogens (tertiary/aromatic N) is 2. The first kappa shape index (κ1) is 21.8. The smallest absolute Gasteiger partial charge is 0.328 e. The van der Waals surface area contributed by atoms with Crippen LogP contribution in [0.1, 0.15) is 12.0 Å². The van der Waals surface area contributed by atoms with E-state index in [1.807, 2.05) is 12.1 Å². The molecule has 3 amide bonds. The largest absolute Gasteiger partial charge is 0.497 e. The Bertz CT molecular complexity index is 1000. The van der Waals surface area contributed by atoms with E-state index in [2.05, 4.69) is 0 Å². The molecule has 0 spiro atoms. The number of methoxy groups -OCH3 is 1. The Morgan fingerprint density at radius 2 is 1.77 bits per heavy atom. The van der Waals surface area contributed by atoms with Gasteiger partial charge in [-0.05, 0) is 36.2 Å². The summed E-state index contributed by atoms with van der Waals surface area (Å²) >= 11 is 0. The molecule has 0 saturated carbocycles. The first-order chi connectivity index (χ1) is 14.9. The Kier molecular flexibility index (Phi) is 6.81. The number of aliphatic carboxylic acids is 1. The third-order valence-electron chi connectivity index (χ3n) is 4.97. The van der Waals surface area contributed by atoms with Crippen LogP contribution in [0.4, 0.5) is 5.69 Å². The van der Waals surface area contributed by atoms with E-state index >= 15 is 0 Å². The number of ether oxygens (including phenoxy) is 1. The lowest BCUT2D eigenvalue weighted by molar-refractivity contribution is -0.135. The standard InChI is InChI=1S/C23H22N2O6/c1-31-18-9-7-16(8-10-18)13-14-24(20(26)11-12-22(28)29)19-15-21(27)25(23(19)30)17-5-3-2-4-6-17/h2-12,19H,13-15H2,1H3,(H,28,29)/b12-11+/t19-/m0/s1. The summed E-state index contributed by atoms with van der Waals surface area (Å²) in [6.07, 6.45) is 1.88. The summed E-state index contributed by atoms with van der Waals surface area (Å²) in [6, 6.07) is 14.7. The number of para-hydroxylation sites is 1. The Balaban J connectivity index is 1.83. The molecule has 1 saturated heterocycles. The molecule has 3 rings (SSSR count). The molecule has 2 aromatic rings. The number of hydrogen-bond acceptors (Lipinski definition) is 5. The molecule has 0 bridgehead atoms.